The molecule has 2 aliphatic rings. The van der Waals surface area contributed by atoms with Crippen LogP contribution in [0.2, 0.25) is 0 Å². The van der Waals surface area contributed by atoms with Crippen molar-refractivity contribution in [3.63, 3.8) is 0 Å². The van der Waals surface area contributed by atoms with Gasteiger partial charge in [0.05, 0.1) is 6.33 Å². The van der Waals surface area contributed by atoms with E-state index in [9.17, 15) is 0 Å². The van der Waals surface area contributed by atoms with Gasteiger partial charge in [0.2, 0.25) is 0 Å². The summed E-state index contributed by atoms with van der Waals surface area (Å²) in [5.41, 5.74) is 1.79. The maximum atomic E-state index is 4.42. The Balaban J connectivity index is 1.89. The second-order valence-electron chi connectivity index (χ2n) is 5.51. The van der Waals surface area contributed by atoms with Crippen LogP contribution in [0.15, 0.2) is 12.5 Å². The molecule has 3 heterocycles. The highest BCUT2D eigenvalue weighted by Crippen LogP contribution is 2.37. The van der Waals surface area contributed by atoms with E-state index < -0.39 is 0 Å². The fourth-order valence-corrected chi connectivity index (χ4v) is 4.24. The molecule has 2 saturated heterocycles. The van der Waals surface area contributed by atoms with Crippen molar-refractivity contribution in [2.24, 2.45) is 0 Å². The molecule has 0 bridgehead atoms. The van der Waals surface area contributed by atoms with E-state index in [0.717, 1.165) is 13.1 Å². The van der Waals surface area contributed by atoms with Gasteiger partial charge in [0.1, 0.15) is 0 Å². The second-order valence-corrected chi connectivity index (χ2v) is 6.66. The molecule has 0 aromatic carbocycles. The molecule has 3 rings (SSSR count). The quantitative estimate of drug-likeness (QED) is 0.874. The van der Waals surface area contributed by atoms with Crippen LogP contribution in [0.5, 0.6) is 0 Å². The van der Waals surface area contributed by atoms with Crippen molar-refractivity contribution in [2.45, 2.75) is 37.6 Å². The molecule has 4 heteroatoms. The van der Waals surface area contributed by atoms with Gasteiger partial charge in [0.15, 0.2) is 0 Å². The van der Waals surface area contributed by atoms with E-state index in [0.29, 0.717) is 11.5 Å². The van der Waals surface area contributed by atoms with Crippen LogP contribution in [-0.4, -0.2) is 34.1 Å². The zero-order chi connectivity index (χ0) is 11.7. The number of aromatic nitrogens is 2. The standard InChI is InChI=1S/C13H21N3S/c1-13(3-5-14-6-4-13)12-8-15-10-16(12)11-2-7-17-9-11/h8,10-11,14H,2-7,9H2,1H3. The van der Waals surface area contributed by atoms with E-state index in [2.05, 4.69) is 46.1 Å². The molecule has 94 valence electrons. The summed E-state index contributed by atoms with van der Waals surface area (Å²) in [6.45, 7) is 4.69. The number of nitrogens with zero attached hydrogens (tertiary/aromatic N) is 2. The van der Waals surface area contributed by atoms with Crippen molar-refractivity contribution in [1.82, 2.24) is 14.9 Å². The lowest BCUT2D eigenvalue weighted by Gasteiger charge is -2.35. The van der Waals surface area contributed by atoms with E-state index in [-0.39, 0.29) is 0 Å². The number of piperidine rings is 1. The first-order chi connectivity index (χ1) is 8.30. The predicted molar refractivity (Wildman–Crippen MR) is 72.7 cm³/mol. The molecule has 1 aromatic rings. The molecule has 0 amide bonds. The Bertz CT molecular complexity index is 376. The van der Waals surface area contributed by atoms with Crippen LogP contribution in [-0.2, 0) is 5.41 Å². The molecule has 2 aliphatic heterocycles. The molecule has 3 nitrogen and oxygen atoms in total. The number of imidazole rings is 1. The second kappa shape index (κ2) is 4.65. The number of rotatable bonds is 2. The molecule has 0 saturated carbocycles. The van der Waals surface area contributed by atoms with Gasteiger partial charge in [-0.2, -0.15) is 11.8 Å². The molecule has 1 aromatic heterocycles. The summed E-state index contributed by atoms with van der Waals surface area (Å²) < 4.78 is 2.46. The third-order valence-electron chi connectivity index (χ3n) is 4.29. The van der Waals surface area contributed by atoms with Crippen LogP contribution in [0.4, 0.5) is 0 Å². The summed E-state index contributed by atoms with van der Waals surface area (Å²) >= 11 is 2.07. The normalized spacial score (nSPS) is 28.4. The lowest BCUT2D eigenvalue weighted by Crippen LogP contribution is -2.39. The topological polar surface area (TPSA) is 29.9 Å². The largest absolute Gasteiger partial charge is 0.330 e. The molecular formula is C13H21N3S. The SMILES string of the molecule is CC1(c2cncn2C2CCSC2)CCNCC1. The molecule has 0 spiro atoms. The first-order valence-electron chi connectivity index (χ1n) is 6.60. The van der Waals surface area contributed by atoms with Crippen molar-refractivity contribution in [3.8, 4) is 0 Å². The average Bonchev–Trinajstić information content (AvgIpc) is 3.01. The Hall–Kier alpha value is -0.480. The van der Waals surface area contributed by atoms with Crippen LogP contribution in [0.3, 0.4) is 0 Å². The smallest absolute Gasteiger partial charge is 0.0951 e. The fraction of sp³-hybridized carbons (Fsp3) is 0.769. The van der Waals surface area contributed by atoms with Gasteiger partial charge in [0.25, 0.3) is 0 Å². The predicted octanol–water partition coefficient (Wildman–Crippen LogP) is 2.20. The minimum absolute atomic E-state index is 0.328. The number of nitrogens with one attached hydrogen (secondary N) is 1. The van der Waals surface area contributed by atoms with Crippen LogP contribution < -0.4 is 5.32 Å². The molecule has 1 atom stereocenters. The fourth-order valence-electron chi connectivity index (χ4n) is 3.04. The minimum atomic E-state index is 0.328. The Morgan fingerprint density at radius 2 is 2.29 bits per heavy atom. The summed E-state index contributed by atoms with van der Waals surface area (Å²) in [6.07, 6.45) is 7.94. The Morgan fingerprint density at radius 1 is 1.47 bits per heavy atom. The van der Waals surface area contributed by atoms with Gasteiger partial charge < -0.3 is 9.88 Å². The first-order valence-corrected chi connectivity index (χ1v) is 7.76. The molecule has 1 N–H and O–H groups in total. The van der Waals surface area contributed by atoms with Gasteiger partial charge in [0, 0.05) is 29.1 Å². The zero-order valence-corrected chi connectivity index (χ0v) is 11.3. The number of hydrogen-bond acceptors (Lipinski definition) is 3. The van der Waals surface area contributed by atoms with E-state index >= 15 is 0 Å². The number of thioether (sulfide) groups is 1. The van der Waals surface area contributed by atoms with Crippen molar-refractivity contribution in [1.29, 1.82) is 0 Å². The minimum Gasteiger partial charge on any atom is -0.330 e. The maximum absolute atomic E-state index is 4.42. The van der Waals surface area contributed by atoms with Crippen LogP contribution in [0.25, 0.3) is 0 Å². The highest BCUT2D eigenvalue weighted by molar-refractivity contribution is 7.99. The van der Waals surface area contributed by atoms with Gasteiger partial charge in [-0.15, -0.1) is 0 Å². The van der Waals surface area contributed by atoms with E-state index in [4.69, 9.17) is 0 Å². The lowest BCUT2D eigenvalue weighted by molar-refractivity contribution is 0.310. The van der Waals surface area contributed by atoms with Crippen LogP contribution >= 0.6 is 11.8 Å². The van der Waals surface area contributed by atoms with E-state index in [1.54, 1.807) is 0 Å². The van der Waals surface area contributed by atoms with Gasteiger partial charge in [-0.3, -0.25) is 0 Å². The molecule has 17 heavy (non-hydrogen) atoms. The Morgan fingerprint density at radius 3 is 3.00 bits per heavy atom. The molecule has 0 radical (unpaired) electrons. The van der Waals surface area contributed by atoms with E-state index in [1.807, 2.05) is 0 Å². The Labute approximate surface area is 107 Å². The monoisotopic (exact) mass is 251 g/mol. The highest BCUT2D eigenvalue weighted by atomic mass is 32.2. The average molecular weight is 251 g/mol. The van der Waals surface area contributed by atoms with E-state index in [1.165, 1.54) is 36.5 Å². The van der Waals surface area contributed by atoms with Crippen molar-refractivity contribution in [3.05, 3.63) is 18.2 Å². The van der Waals surface area contributed by atoms with Crippen molar-refractivity contribution in [2.75, 3.05) is 24.6 Å². The van der Waals surface area contributed by atoms with Crippen molar-refractivity contribution >= 4 is 11.8 Å². The summed E-state index contributed by atoms with van der Waals surface area (Å²) in [5.74, 6) is 2.57. The first kappa shape index (κ1) is 11.6. The zero-order valence-electron chi connectivity index (χ0n) is 10.5. The Kier molecular flexibility index (Phi) is 3.17. The molecule has 0 aliphatic carbocycles. The maximum Gasteiger partial charge on any atom is 0.0951 e. The molecular weight excluding hydrogens is 230 g/mol. The summed E-state index contributed by atoms with van der Waals surface area (Å²) in [5, 5.41) is 3.46. The van der Waals surface area contributed by atoms with Gasteiger partial charge >= 0.3 is 0 Å². The summed E-state index contributed by atoms with van der Waals surface area (Å²) in [7, 11) is 0. The molecule has 1 unspecified atom stereocenters. The third-order valence-corrected chi connectivity index (χ3v) is 5.44. The summed E-state index contributed by atoms with van der Waals surface area (Å²) in [6, 6.07) is 0.684. The summed E-state index contributed by atoms with van der Waals surface area (Å²) in [4.78, 5) is 4.42. The highest BCUT2D eigenvalue weighted by Gasteiger charge is 2.33. The van der Waals surface area contributed by atoms with Crippen molar-refractivity contribution < 1.29 is 0 Å². The lowest BCUT2D eigenvalue weighted by atomic mass is 9.78. The van der Waals surface area contributed by atoms with Crippen LogP contribution in [0.1, 0.15) is 37.9 Å². The third kappa shape index (κ3) is 2.13. The van der Waals surface area contributed by atoms with Gasteiger partial charge in [-0.05, 0) is 38.1 Å². The van der Waals surface area contributed by atoms with Gasteiger partial charge in [-0.1, -0.05) is 6.92 Å². The number of hydrogen-bond donors (Lipinski definition) is 1. The van der Waals surface area contributed by atoms with Crippen LogP contribution in [0, 0.1) is 0 Å². The molecule has 2 fully saturated rings. The van der Waals surface area contributed by atoms with Gasteiger partial charge in [-0.25, -0.2) is 4.98 Å².